The first-order valence-electron chi connectivity index (χ1n) is 9.11. The fourth-order valence-electron chi connectivity index (χ4n) is 2.95. The largest absolute Gasteiger partial charge is 0.325 e. The highest BCUT2D eigenvalue weighted by Gasteiger charge is 2.16. The second-order valence-corrected chi connectivity index (χ2v) is 7.94. The van der Waals surface area contributed by atoms with E-state index >= 15 is 0 Å². The first-order chi connectivity index (χ1) is 13.4. The molecule has 0 atom stereocenters. The maximum Gasteiger partial charge on any atom is 0.321 e. The number of hydrogen-bond acceptors (Lipinski definition) is 3. The highest BCUT2D eigenvalue weighted by atomic mass is 32.2. The topological polar surface area (TPSA) is 78.5 Å². The second kappa shape index (κ2) is 8.31. The van der Waals surface area contributed by atoms with Gasteiger partial charge >= 0.3 is 6.03 Å². The number of carbonyl (C=O) groups excluding carboxylic acids is 1. The number of urea groups is 1. The van der Waals surface area contributed by atoms with E-state index in [0.29, 0.717) is 24.5 Å². The molecule has 0 radical (unpaired) electrons. The number of amides is 2. The lowest BCUT2D eigenvalue weighted by Gasteiger charge is -2.19. The smallest absolute Gasteiger partial charge is 0.321 e. The summed E-state index contributed by atoms with van der Waals surface area (Å²) >= 11 is 0. The van der Waals surface area contributed by atoms with E-state index in [4.69, 9.17) is 0 Å². The van der Waals surface area contributed by atoms with Gasteiger partial charge in [0.1, 0.15) is 0 Å². The molecular formula is C21H23N3O3S. The van der Waals surface area contributed by atoms with Gasteiger partial charge in [-0.1, -0.05) is 36.4 Å². The lowest BCUT2D eigenvalue weighted by Crippen LogP contribution is -2.34. The molecular weight excluding hydrogens is 374 g/mol. The molecule has 0 unspecified atom stereocenters. The van der Waals surface area contributed by atoms with E-state index < -0.39 is 10.0 Å². The van der Waals surface area contributed by atoms with Crippen LogP contribution < -0.4 is 10.0 Å². The minimum Gasteiger partial charge on any atom is -0.325 e. The van der Waals surface area contributed by atoms with Crippen LogP contribution in [-0.2, 0) is 10.0 Å². The van der Waals surface area contributed by atoms with Crippen molar-refractivity contribution in [1.29, 1.82) is 0 Å². The molecule has 0 saturated heterocycles. The number of hydrogen-bond donors (Lipinski definition) is 2. The maximum atomic E-state index is 12.8. The summed E-state index contributed by atoms with van der Waals surface area (Å²) in [5.74, 6) is 0. The zero-order valence-electron chi connectivity index (χ0n) is 15.8. The number of fused-ring (bicyclic) bond motifs is 1. The van der Waals surface area contributed by atoms with Crippen LogP contribution in [0.4, 0.5) is 16.2 Å². The SMILES string of the molecule is CCN(CC)C(=O)Nc1ccc(S(=O)(=O)Nc2cccc3ccccc23)cc1. The van der Waals surface area contributed by atoms with Gasteiger partial charge < -0.3 is 10.2 Å². The van der Waals surface area contributed by atoms with Crippen LogP contribution in [0.2, 0.25) is 0 Å². The van der Waals surface area contributed by atoms with E-state index in [1.165, 1.54) is 12.1 Å². The Labute approximate surface area is 165 Å². The summed E-state index contributed by atoms with van der Waals surface area (Å²) in [5, 5.41) is 4.55. The van der Waals surface area contributed by atoms with Gasteiger partial charge in [-0.05, 0) is 49.6 Å². The van der Waals surface area contributed by atoms with Crippen LogP contribution in [0.25, 0.3) is 10.8 Å². The van der Waals surface area contributed by atoms with Crippen LogP contribution in [0, 0.1) is 0 Å². The summed E-state index contributed by atoms with van der Waals surface area (Å²) in [4.78, 5) is 13.9. The first kappa shape index (κ1) is 19.7. The molecule has 0 saturated carbocycles. The Morgan fingerprint density at radius 2 is 1.54 bits per heavy atom. The van der Waals surface area contributed by atoms with Crippen molar-refractivity contribution in [3.05, 3.63) is 66.7 Å². The molecule has 0 aliphatic carbocycles. The summed E-state index contributed by atoms with van der Waals surface area (Å²) in [6.07, 6.45) is 0. The Hall–Kier alpha value is -3.06. The third kappa shape index (κ3) is 4.26. The number of anilines is 2. The number of nitrogens with zero attached hydrogens (tertiary/aromatic N) is 1. The Morgan fingerprint density at radius 1 is 0.893 bits per heavy atom. The number of sulfonamides is 1. The number of benzene rings is 3. The number of rotatable bonds is 6. The molecule has 0 aliphatic heterocycles. The van der Waals surface area contributed by atoms with Crippen LogP contribution in [0.1, 0.15) is 13.8 Å². The van der Waals surface area contributed by atoms with Crippen LogP contribution in [0.15, 0.2) is 71.6 Å². The minimum atomic E-state index is -3.75. The molecule has 0 aromatic heterocycles. The summed E-state index contributed by atoms with van der Waals surface area (Å²) < 4.78 is 28.2. The third-order valence-corrected chi connectivity index (χ3v) is 5.88. The Bertz CT molecular complexity index is 1070. The molecule has 3 aromatic rings. The maximum absolute atomic E-state index is 12.8. The van der Waals surface area contributed by atoms with E-state index in [9.17, 15) is 13.2 Å². The molecule has 2 amide bonds. The average Bonchev–Trinajstić information content (AvgIpc) is 2.69. The second-order valence-electron chi connectivity index (χ2n) is 6.26. The summed E-state index contributed by atoms with van der Waals surface area (Å²) in [6, 6.07) is 19.0. The molecule has 3 aromatic carbocycles. The van der Waals surface area contributed by atoms with Gasteiger partial charge in [-0.3, -0.25) is 4.72 Å². The highest BCUT2D eigenvalue weighted by molar-refractivity contribution is 7.92. The molecule has 3 rings (SSSR count). The highest BCUT2D eigenvalue weighted by Crippen LogP contribution is 2.26. The molecule has 0 bridgehead atoms. The summed E-state index contributed by atoms with van der Waals surface area (Å²) in [7, 11) is -3.75. The van der Waals surface area contributed by atoms with E-state index in [0.717, 1.165) is 10.8 Å². The standard InChI is InChI=1S/C21H23N3O3S/c1-3-24(4-2)21(25)22-17-12-14-18(15-13-17)28(26,27)23-20-11-7-9-16-8-5-6-10-19(16)20/h5-15,23H,3-4H2,1-2H3,(H,22,25). The van der Waals surface area contributed by atoms with Crippen molar-refractivity contribution >= 4 is 38.2 Å². The zero-order valence-corrected chi connectivity index (χ0v) is 16.7. The molecule has 0 spiro atoms. The van der Waals surface area contributed by atoms with Gasteiger partial charge in [0, 0.05) is 24.2 Å². The lowest BCUT2D eigenvalue weighted by molar-refractivity contribution is 0.217. The number of nitrogens with one attached hydrogen (secondary N) is 2. The molecule has 0 aliphatic rings. The fourth-order valence-corrected chi connectivity index (χ4v) is 4.03. The average molecular weight is 398 g/mol. The van der Waals surface area contributed by atoms with E-state index in [1.54, 1.807) is 23.1 Å². The molecule has 2 N–H and O–H groups in total. The van der Waals surface area contributed by atoms with E-state index in [-0.39, 0.29) is 10.9 Å². The van der Waals surface area contributed by atoms with Crippen molar-refractivity contribution < 1.29 is 13.2 Å². The van der Waals surface area contributed by atoms with Crippen LogP contribution >= 0.6 is 0 Å². The lowest BCUT2D eigenvalue weighted by atomic mass is 10.1. The van der Waals surface area contributed by atoms with Crippen molar-refractivity contribution in [2.75, 3.05) is 23.1 Å². The normalized spacial score (nSPS) is 11.2. The Morgan fingerprint density at radius 3 is 2.21 bits per heavy atom. The van der Waals surface area contributed by atoms with Gasteiger partial charge in [-0.2, -0.15) is 0 Å². The van der Waals surface area contributed by atoms with Gasteiger partial charge in [0.15, 0.2) is 0 Å². The number of carbonyl (C=O) groups is 1. The van der Waals surface area contributed by atoms with Gasteiger partial charge in [0.2, 0.25) is 0 Å². The van der Waals surface area contributed by atoms with Gasteiger partial charge in [0.25, 0.3) is 10.0 Å². The predicted octanol–water partition coefficient (Wildman–Crippen LogP) is 4.51. The fraction of sp³-hybridized carbons (Fsp3) is 0.190. The van der Waals surface area contributed by atoms with E-state index in [1.807, 2.05) is 50.2 Å². The van der Waals surface area contributed by atoms with Crippen molar-refractivity contribution in [3.63, 3.8) is 0 Å². The van der Waals surface area contributed by atoms with Gasteiger partial charge in [-0.25, -0.2) is 13.2 Å². The summed E-state index contributed by atoms with van der Waals surface area (Å²) in [6.45, 7) is 5.00. The van der Waals surface area contributed by atoms with Crippen LogP contribution in [0.5, 0.6) is 0 Å². The molecule has 7 heteroatoms. The third-order valence-electron chi connectivity index (χ3n) is 4.50. The van der Waals surface area contributed by atoms with Gasteiger partial charge in [0.05, 0.1) is 10.6 Å². The predicted molar refractivity (Wildman–Crippen MR) is 113 cm³/mol. The first-order valence-corrected chi connectivity index (χ1v) is 10.6. The Kier molecular flexibility index (Phi) is 5.84. The minimum absolute atomic E-state index is 0.126. The monoisotopic (exact) mass is 397 g/mol. The molecule has 0 fully saturated rings. The van der Waals surface area contributed by atoms with Crippen molar-refractivity contribution in [2.24, 2.45) is 0 Å². The van der Waals surface area contributed by atoms with Crippen molar-refractivity contribution in [3.8, 4) is 0 Å². The quantitative estimate of drug-likeness (QED) is 0.642. The molecule has 146 valence electrons. The van der Waals surface area contributed by atoms with Crippen molar-refractivity contribution in [2.45, 2.75) is 18.7 Å². The van der Waals surface area contributed by atoms with Crippen LogP contribution in [0.3, 0.4) is 0 Å². The summed E-state index contributed by atoms with van der Waals surface area (Å²) in [5.41, 5.74) is 1.07. The Balaban J connectivity index is 1.80. The zero-order chi connectivity index (χ0) is 20.1. The van der Waals surface area contributed by atoms with Crippen LogP contribution in [-0.4, -0.2) is 32.4 Å². The molecule has 28 heavy (non-hydrogen) atoms. The van der Waals surface area contributed by atoms with Gasteiger partial charge in [-0.15, -0.1) is 0 Å². The molecule has 6 nitrogen and oxygen atoms in total. The van der Waals surface area contributed by atoms with Crippen molar-refractivity contribution in [1.82, 2.24) is 4.90 Å². The van der Waals surface area contributed by atoms with E-state index in [2.05, 4.69) is 10.0 Å². The molecule has 0 heterocycles.